The SMILES string of the molecule is O=C1OC(c2cccc(I)c2)=NC1=Cc1cccc(I)c1. The minimum Gasteiger partial charge on any atom is -0.402 e. The molecule has 1 aliphatic heterocycles. The number of carbonyl (C=O) groups excluding carboxylic acids is 1. The molecular formula is C16H9I2NO2. The third-order valence-corrected chi connectivity index (χ3v) is 4.19. The van der Waals surface area contributed by atoms with Crippen molar-refractivity contribution >= 4 is 63.1 Å². The van der Waals surface area contributed by atoms with Crippen molar-refractivity contribution in [1.29, 1.82) is 0 Å². The average Bonchev–Trinajstić information content (AvgIpc) is 2.80. The molecule has 3 nitrogen and oxygen atoms in total. The molecule has 2 aromatic carbocycles. The van der Waals surface area contributed by atoms with Gasteiger partial charge in [0.15, 0.2) is 5.70 Å². The minimum atomic E-state index is -0.414. The fourth-order valence-electron chi connectivity index (χ4n) is 1.91. The van der Waals surface area contributed by atoms with Gasteiger partial charge in [-0.2, -0.15) is 0 Å². The second kappa shape index (κ2) is 6.27. The first kappa shape index (κ1) is 14.7. The monoisotopic (exact) mass is 501 g/mol. The van der Waals surface area contributed by atoms with E-state index in [1.165, 1.54) is 0 Å². The molecule has 5 heteroatoms. The Labute approximate surface area is 149 Å². The molecule has 0 spiro atoms. The van der Waals surface area contributed by atoms with Crippen molar-refractivity contribution in [3.8, 4) is 0 Å². The van der Waals surface area contributed by atoms with Crippen LogP contribution in [0.2, 0.25) is 0 Å². The van der Waals surface area contributed by atoms with E-state index < -0.39 is 5.97 Å². The van der Waals surface area contributed by atoms with Gasteiger partial charge in [-0.25, -0.2) is 9.79 Å². The number of ether oxygens (including phenoxy) is 1. The number of esters is 1. The molecule has 0 aliphatic carbocycles. The van der Waals surface area contributed by atoms with Crippen molar-refractivity contribution in [3.05, 3.63) is 72.5 Å². The summed E-state index contributed by atoms with van der Waals surface area (Å²) in [5.41, 5.74) is 2.06. The van der Waals surface area contributed by atoms with E-state index in [0.29, 0.717) is 11.6 Å². The maximum Gasteiger partial charge on any atom is 0.363 e. The zero-order chi connectivity index (χ0) is 14.8. The largest absolute Gasteiger partial charge is 0.402 e. The smallest absolute Gasteiger partial charge is 0.363 e. The fourth-order valence-corrected chi connectivity index (χ4v) is 3.02. The van der Waals surface area contributed by atoms with Crippen LogP contribution >= 0.6 is 45.2 Å². The molecule has 2 aromatic rings. The Balaban J connectivity index is 1.95. The Hall–Kier alpha value is -1.22. The Bertz CT molecular complexity index is 781. The summed E-state index contributed by atoms with van der Waals surface area (Å²) in [6.07, 6.45) is 1.74. The summed E-state index contributed by atoms with van der Waals surface area (Å²) in [6.45, 7) is 0. The lowest BCUT2D eigenvalue weighted by Gasteiger charge is -1.99. The summed E-state index contributed by atoms with van der Waals surface area (Å²) in [7, 11) is 0. The third kappa shape index (κ3) is 3.52. The van der Waals surface area contributed by atoms with Crippen molar-refractivity contribution in [1.82, 2.24) is 0 Å². The van der Waals surface area contributed by atoms with Crippen LogP contribution < -0.4 is 0 Å². The molecule has 0 atom stereocenters. The van der Waals surface area contributed by atoms with Crippen LogP contribution in [0.3, 0.4) is 0 Å². The Morgan fingerprint density at radius 1 is 1.00 bits per heavy atom. The predicted octanol–water partition coefficient (Wildman–Crippen LogP) is 4.24. The molecular weight excluding hydrogens is 492 g/mol. The summed E-state index contributed by atoms with van der Waals surface area (Å²) < 4.78 is 7.43. The van der Waals surface area contributed by atoms with E-state index in [1.54, 1.807) is 6.08 Å². The number of carbonyl (C=O) groups is 1. The van der Waals surface area contributed by atoms with Crippen molar-refractivity contribution in [2.75, 3.05) is 0 Å². The summed E-state index contributed by atoms with van der Waals surface area (Å²) in [6, 6.07) is 15.6. The number of nitrogens with zero attached hydrogens (tertiary/aromatic N) is 1. The lowest BCUT2D eigenvalue weighted by atomic mass is 10.2. The van der Waals surface area contributed by atoms with Crippen molar-refractivity contribution in [2.45, 2.75) is 0 Å². The van der Waals surface area contributed by atoms with Crippen LogP contribution in [0.15, 0.2) is 59.2 Å². The first-order valence-electron chi connectivity index (χ1n) is 6.16. The van der Waals surface area contributed by atoms with Gasteiger partial charge in [0.25, 0.3) is 0 Å². The first-order valence-corrected chi connectivity index (χ1v) is 8.32. The van der Waals surface area contributed by atoms with E-state index in [1.807, 2.05) is 48.5 Å². The number of hydrogen-bond acceptors (Lipinski definition) is 3. The maximum absolute atomic E-state index is 11.9. The Morgan fingerprint density at radius 2 is 1.71 bits per heavy atom. The molecule has 0 aromatic heterocycles. The van der Waals surface area contributed by atoms with Crippen LogP contribution in [0.5, 0.6) is 0 Å². The molecule has 0 fully saturated rings. The first-order chi connectivity index (χ1) is 10.1. The highest BCUT2D eigenvalue weighted by Crippen LogP contribution is 2.20. The number of cyclic esters (lactones) is 1. The molecule has 0 N–H and O–H groups in total. The van der Waals surface area contributed by atoms with E-state index >= 15 is 0 Å². The number of benzene rings is 2. The normalized spacial score (nSPS) is 16.0. The van der Waals surface area contributed by atoms with Gasteiger partial charge in [0.2, 0.25) is 5.90 Å². The van der Waals surface area contributed by atoms with Crippen LogP contribution in [-0.2, 0) is 9.53 Å². The van der Waals surface area contributed by atoms with Gasteiger partial charge in [0.05, 0.1) is 0 Å². The average molecular weight is 501 g/mol. The zero-order valence-electron chi connectivity index (χ0n) is 10.7. The van der Waals surface area contributed by atoms with Gasteiger partial charge >= 0.3 is 5.97 Å². The van der Waals surface area contributed by atoms with Crippen molar-refractivity contribution in [3.63, 3.8) is 0 Å². The molecule has 3 rings (SSSR count). The quantitative estimate of drug-likeness (QED) is 0.351. The Kier molecular flexibility index (Phi) is 4.39. The standard InChI is InChI=1S/C16H9I2NO2/c17-12-5-1-3-10(7-12)8-14-16(20)21-15(19-14)11-4-2-6-13(18)9-11/h1-9H. The van der Waals surface area contributed by atoms with Crippen LogP contribution in [0, 0.1) is 7.14 Å². The van der Waals surface area contributed by atoms with Gasteiger partial charge in [-0.1, -0.05) is 18.2 Å². The van der Waals surface area contributed by atoms with Crippen LogP contribution in [0.1, 0.15) is 11.1 Å². The molecule has 0 amide bonds. The van der Waals surface area contributed by atoms with Crippen LogP contribution in [-0.4, -0.2) is 11.9 Å². The van der Waals surface area contributed by atoms with Crippen LogP contribution in [0.25, 0.3) is 6.08 Å². The lowest BCUT2D eigenvalue weighted by Crippen LogP contribution is -2.05. The second-order valence-corrected chi connectivity index (χ2v) is 6.89. The molecule has 1 heterocycles. The molecule has 0 saturated carbocycles. The van der Waals surface area contributed by atoms with Crippen molar-refractivity contribution in [2.24, 2.45) is 4.99 Å². The molecule has 104 valence electrons. The number of halogens is 2. The topological polar surface area (TPSA) is 38.7 Å². The maximum atomic E-state index is 11.9. The molecule has 21 heavy (non-hydrogen) atoms. The van der Waals surface area contributed by atoms with Gasteiger partial charge < -0.3 is 4.74 Å². The number of hydrogen-bond donors (Lipinski definition) is 0. The summed E-state index contributed by atoms with van der Waals surface area (Å²) >= 11 is 4.45. The van der Waals surface area contributed by atoms with Gasteiger partial charge in [-0.3, -0.25) is 0 Å². The molecule has 0 bridgehead atoms. The highest BCUT2D eigenvalue weighted by molar-refractivity contribution is 14.1. The van der Waals surface area contributed by atoms with E-state index in [4.69, 9.17) is 4.74 Å². The molecule has 0 radical (unpaired) electrons. The van der Waals surface area contributed by atoms with E-state index in [0.717, 1.165) is 18.3 Å². The van der Waals surface area contributed by atoms with E-state index in [9.17, 15) is 4.79 Å². The zero-order valence-corrected chi connectivity index (χ0v) is 15.0. The van der Waals surface area contributed by atoms with Gasteiger partial charge in [0, 0.05) is 12.7 Å². The van der Waals surface area contributed by atoms with Crippen LogP contribution in [0.4, 0.5) is 0 Å². The number of aliphatic imine (C=N–C) groups is 1. The predicted molar refractivity (Wildman–Crippen MR) is 98.9 cm³/mol. The Morgan fingerprint density at radius 3 is 2.43 bits per heavy atom. The molecule has 0 saturated heterocycles. The van der Waals surface area contributed by atoms with E-state index in [-0.39, 0.29) is 0 Å². The fraction of sp³-hybridized carbons (Fsp3) is 0. The molecule has 1 aliphatic rings. The highest BCUT2D eigenvalue weighted by Gasteiger charge is 2.24. The van der Waals surface area contributed by atoms with Gasteiger partial charge in [-0.05, 0) is 87.2 Å². The second-order valence-electron chi connectivity index (χ2n) is 4.40. The summed E-state index contributed by atoms with van der Waals surface area (Å²) in [5, 5.41) is 0. The summed E-state index contributed by atoms with van der Waals surface area (Å²) in [4.78, 5) is 16.2. The minimum absolute atomic E-state index is 0.325. The van der Waals surface area contributed by atoms with E-state index in [2.05, 4.69) is 50.2 Å². The highest BCUT2D eigenvalue weighted by atomic mass is 127. The van der Waals surface area contributed by atoms with Crippen molar-refractivity contribution < 1.29 is 9.53 Å². The number of rotatable bonds is 2. The lowest BCUT2D eigenvalue weighted by molar-refractivity contribution is -0.129. The molecule has 0 unspecified atom stereocenters. The van der Waals surface area contributed by atoms with Gasteiger partial charge in [-0.15, -0.1) is 0 Å². The summed E-state index contributed by atoms with van der Waals surface area (Å²) in [5.74, 6) is -0.0573. The third-order valence-electron chi connectivity index (χ3n) is 2.84. The van der Waals surface area contributed by atoms with Gasteiger partial charge in [0.1, 0.15) is 0 Å².